The molecule has 5 atom stereocenters. The molecule has 0 aromatic carbocycles. The van der Waals surface area contributed by atoms with Gasteiger partial charge in [0.2, 0.25) is 17.1 Å². The molecule has 19 heteroatoms. The van der Waals surface area contributed by atoms with E-state index in [4.69, 9.17) is 24.9 Å². The quantitative estimate of drug-likeness (QED) is 0.0726. The summed E-state index contributed by atoms with van der Waals surface area (Å²) in [5.74, 6) is 1.06. The topological polar surface area (TPSA) is 228 Å². The lowest BCUT2D eigenvalue weighted by Crippen LogP contribution is -2.16. The van der Waals surface area contributed by atoms with Gasteiger partial charge in [-0.3, -0.25) is 14.4 Å². The Morgan fingerprint density at radius 2 is 1.00 bits per heavy atom. The van der Waals surface area contributed by atoms with Gasteiger partial charge in [-0.05, 0) is 145 Å². The van der Waals surface area contributed by atoms with Crippen LogP contribution >= 0.6 is 11.6 Å². The van der Waals surface area contributed by atoms with Gasteiger partial charge in [-0.15, -0.1) is 11.6 Å². The lowest BCUT2D eigenvalue weighted by Gasteiger charge is -2.13. The highest BCUT2D eigenvalue weighted by molar-refractivity contribution is 6.25. The minimum atomic E-state index is -1.45. The Balaban J connectivity index is 0.000000151. The van der Waals surface area contributed by atoms with E-state index in [-0.39, 0.29) is 55.6 Å². The normalized spacial score (nSPS) is 18.8. The van der Waals surface area contributed by atoms with Crippen LogP contribution in [-0.4, -0.2) is 34.8 Å². The Labute approximate surface area is 392 Å². The summed E-state index contributed by atoms with van der Waals surface area (Å²) in [4.78, 5) is 90.7. The molecule has 0 bridgehead atoms. The standard InChI is InChI=1S/C18H23FN2O3.C16H19FN2O3.C15H16ClFN2O3/c1-3-6-18(8-9-18)7-4-5-12-10-13(22)24-17-14(12)16(23)20-15(21-17)11(2)19;1-3-9-6-10(9)4-5-11-7-12(20)22-16-13(11)15(21)18-14(19-16)8(2)17;1-8(17)12-18-13(21)11-9(3-2-4-15(16)5-6-15)7-10(20)22-14(11)19-12/h10-11H,3-9H2,1-2H3,(H,20,21,23);7-10H,3-6H2,1-2H3,(H,18,19,21);7-8H,2-6H2,1H3,(H,18,19,21). The second-order valence-corrected chi connectivity index (χ2v) is 19.6. The predicted octanol–water partition coefficient (Wildman–Crippen LogP) is 9.70. The van der Waals surface area contributed by atoms with Crippen molar-refractivity contribution in [2.45, 2.75) is 161 Å². The van der Waals surface area contributed by atoms with Crippen LogP contribution in [0.15, 0.2) is 60.2 Å². The first-order valence-corrected chi connectivity index (χ1v) is 24.0. The molecule has 6 aromatic heterocycles. The molecule has 3 aliphatic rings. The third-order valence-electron chi connectivity index (χ3n) is 13.4. The van der Waals surface area contributed by atoms with Crippen molar-refractivity contribution in [2.75, 3.05) is 0 Å². The summed E-state index contributed by atoms with van der Waals surface area (Å²) in [6, 6.07) is 4.00. The van der Waals surface area contributed by atoms with Crippen molar-refractivity contribution in [1.29, 1.82) is 0 Å². The van der Waals surface area contributed by atoms with Gasteiger partial charge in [0.05, 0.1) is 0 Å². The van der Waals surface area contributed by atoms with Crippen LogP contribution in [0.3, 0.4) is 0 Å². The van der Waals surface area contributed by atoms with E-state index in [9.17, 15) is 41.9 Å². The molecule has 15 nitrogen and oxygen atoms in total. The van der Waals surface area contributed by atoms with Crippen LogP contribution in [0.1, 0.15) is 171 Å². The van der Waals surface area contributed by atoms with Gasteiger partial charge in [0, 0.05) is 23.1 Å². The van der Waals surface area contributed by atoms with Crippen molar-refractivity contribution in [3.8, 4) is 0 Å². The number of rotatable bonds is 17. The molecule has 5 unspecified atom stereocenters. The van der Waals surface area contributed by atoms with Crippen LogP contribution < -0.4 is 33.6 Å². The third kappa shape index (κ3) is 12.3. The molecule has 6 heterocycles. The number of H-pyrrole nitrogens is 3. The molecule has 3 aliphatic carbocycles. The van der Waals surface area contributed by atoms with Gasteiger partial charge in [0.15, 0.2) is 18.5 Å². The minimum Gasteiger partial charge on any atom is -0.403 e. The van der Waals surface area contributed by atoms with E-state index in [1.807, 2.05) is 0 Å². The first kappa shape index (κ1) is 50.2. The molecule has 366 valence electrons. The van der Waals surface area contributed by atoms with E-state index in [1.54, 1.807) is 0 Å². The van der Waals surface area contributed by atoms with Crippen molar-refractivity contribution in [1.82, 2.24) is 29.9 Å². The zero-order valence-electron chi connectivity index (χ0n) is 39.0. The van der Waals surface area contributed by atoms with Gasteiger partial charge >= 0.3 is 16.9 Å². The lowest BCUT2D eigenvalue weighted by molar-refractivity contribution is 0.354. The molecule has 0 amide bonds. The molecule has 9 rings (SSSR count). The Morgan fingerprint density at radius 1 is 0.603 bits per heavy atom. The zero-order valence-corrected chi connectivity index (χ0v) is 39.7. The van der Waals surface area contributed by atoms with Crippen LogP contribution in [0.5, 0.6) is 0 Å². The van der Waals surface area contributed by atoms with Gasteiger partial charge in [-0.1, -0.05) is 26.7 Å². The van der Waals surface area contributed by atoms with Crippen LogP contribution in [0, 0.1) is 17.3 Å². The molecule has 0 aliphatic heterocycles. The number of aromatic nitrogens is 6. The summed E-state index contributed by atoms with van der Waals surface area (Å²) in [6.45, 7) is 8.16. The van der Waals surface area contributed by atoms with Crippen molar-refractivity contribution in [2.24, 2.45) is 17.3 Å². The van der Waals surface area contributed by atoms with Crippen molar-refractivity contribution in [3.05, 3.63) is 115 Å². The van der Waals surface area contributed by atoms with E-state index < -0.39 is 52.1 Å². The zero-order chi connectivity index (χ0) is 49.1. The number of fused-ring (bicyclic) bond motifs is 3. The van der Waals surface area contributed by atoms with Crippen LogP contribution in [-0.2, 0) is 19.3 Å². The average molecular weight is 967 g/mol. The van der Waals surface area contributed by atoms with Gasteiger partial charge in [0.1, 0.15) is 33.6 Å². The second-order valence-electron chi connectivity index (χ2n) is 18.8. The summed E-state index contributed by atoms with van der Waals surface area (Å²) in [6.07, 6.45) is 11.4. The maximum absolute atomic E-state index is 13.4. The van der Waals surface area contributed by atoms with Crippen LogP contribution in [0.4, 0.5) is 13.2 Å². The highest BCUT2D eigenvalue weighted by Gasteiger charge is 2.41. The average Bonchev–Trinajstić information content (AvgIpc) is 4.21. The molecule has 6 aromatic rings. The first-order chi connectivity index (χ1) is 32.3. The molecule has 3 N–H and O–H groups in total. The van der Waals surface area contributed by atoms with Crippen molar-refractivity contribution >= 4 is 44.9 Å². The van der Waals surface area contributed by atoms with Gasteiger partial charge in [0.25, 0.3) is 16.7 Å². The van der Waals surface area contributed by atoms with Gasteiger partial charge < -0.3 is 28.2 Å². The molecule has 0 saturated heterocycles. The van der Waals surface area contributed by atoms with Crippen molar-refractivity contribution < 1.29 is 26.4 Å². The number of nitrogens with zero attached hydrogens (tertiary/aromatic N) is 3. The Hall–Kier alpha value is -5.65. The molecular formula is C49H58ClF3N6O9. The maximum atomic E-state index is 13.4. The number of hydrogen-bond acceptors (Lipinski definition) is 12. The van der Waals surface area contributed by atoms with E-state index in [0.29, 0.717) is 47.3 Å². The Kier molecular flexibility index (Phi) is 15.5. The summed E-state index contributed by atoms with van der Waals surface area (Å²) in [5, 5.41) is 0.737. The number of aromatic amines is 3. The van der Waals surface area contributed by atoms with E-state index in [2.05, 4.69) is 43.8 Å². The minimum absolute atomic E-state index is 0.0737. The fourth-order valence-electron chi connectivity index (χ4n) is 9.12. The lowest BCUT2D eigenvalue weighted by atomic mass is 9.92. The van der Waals surface area contributed by atoms with Gasteiger partial charge in [-0.25, -0.2) is 27.6 Å². The molecule has 0 spiro atoms. The van der Waals surface area contributed by atoms with Crippen LogP contribution in [0.25, 0.3) is 33.3 Å². The second kappa shape index (κ2) is 20.9. The molecule has 0 radical (unpaired) electrons. The summed E-state index contributed by atoms with van der Waals surface area (Å²) >= 11 is 6.24. The number of nitrogens with one attached hydrogen (secondary N) is 3. The largest absolute Gasteiger partial charge is 0.403 e. The maximum Gasteiger partial charge on any atom is 0.337 e. The third-order valence-corrected chi connectivity index (χ3v) is 14.0. The number of halogens is 4. The smallest absolute Gasteiger partial charge is 0.337 e. The fourth-order valence-corrected chi connectivity index (χ4v) is 9.35. The fraction of sp³-hybridized carbons (Fsp3) is 0.571. The Morgan fingerprint density at radius 3 is 1.34 bits per heavy atom. The van der Waals surface area contributed by atoms with Crippen molar-refractivity contribution in [3.63, 3.8) is 0 Å². The molecular weight excluding hydrogens is 909 g/mol. The highest BCUT2D eigenvalue weighted by Crippen LogP contribution is 2.53. The van der Waals surface area contributed by atoms with E-state index >= 15 is 0 Å². The highest BCUT2D eigenvalue weighted by atomic mass is 35.5. The molecule has 3 saturated carbocycles. The van der Waals surface area contributed by atoms with E-state index in [1.165, 1.54) is 77.5 Å². The first-order valence-electron chi connectivity index (χ1n) is 23.6. The molecule has 3 fully saturated rings. The summed E-state index contributed by atoms with van der Waals surface area (Å²) in [7, 11) is 0. The van der Waals surface area contributed by atoms with E-state index in [0.717, 1.165) is 50.9 Å². The van der Waals surface area contributed by atoms with Gasteiger partial charge in [-0.2, -0.15) is 15.0 Å². The SMILES string of the molecule is CC(F)c1nc2oc(=O)cc(CCCC3(Cl)CC3)c2c(=O)[nH]1.CCC1CC1CCc1cc(=O)oc2nc(C(C)F)[nH]c(=O)c12.CCCC1(CCCc2cc(=O)oc3nc(C(C)F)[nH]c(=O)c23)CC1. The summed E-state index contributed by atoms with van der Waals surface area (Å²) < 4.78 is 55.0. The number of alkyl halides is 4. The monoisotopic (exact) mass is 966 g/mol. The Bertz CT molecular complexity index is 3150. The molecule has 68 heavy (non-hydrogen) atoms. The predicted molar refractivity (Wildman–Crippen MR) is 252 cm³/mol. The number of hydrogen-bond donors (Lipinski definition) is 3. The number of aryl methyl sites for hydroxylation is 3. The summed E-state index contributed by atoms with van der Waals surface area (Å²) in [5.41, 5.74) is -1.03. The van der Waals surface area contributed by atoms with Crippen LogP contribution in [0.2, 0.25) is 0 Å².